The maximum Gasteiger partial charge on any atom is 0.173 e. The lowest BCUT2D eigenvalue weighted by Crippen LogP contribution is -2.35. The van der Waals surface area contributed by atoms with E-state index in [0.29, 0.717) is 6.42 Å². The average molecular weight is 300 g/mol. The van der Waals surface area contributed by atoms with Gasteiger partial charge in [0.05, 0.1) is 5.41 Å². The Labute approximate surface area is 137 Å². The zero-order chi connectivity index (χ0) is 16.1. The second kappa shape index (κ2) is 6.62. The smallest absolute Gasteiger partial charge is 0.173 e. The number of Topliss-reactive ketones (excluding diaryl/α,β-unsaturated/α-hetero) is 1. The first kappa shape index (κ1) is 15.2. The Bertz CT molecular complexity index is 763. The molecule has 3 rings (SSSR count). The number of hydrogen-bond acceptors (Lipinski definition) is 1. The van der Waals surface area contributed by atoms with Crippen molar-refractivity contribution < 1.29 is 4.79 Å². The minimum atomic E-state index is -0.579. The van der Waals surface area contributed by atoms with Crippen molar-refractivity contribution in [1.82, 2.24) is 0 Å². The number of carbonyl (C=O) groups is 1. The molecule has 0 amide bonds. The zero-order valence-electron chi connectivity index (χ0n) is 13.3. The Morgan fingerprint density at radius 3 is 1.78 bits per heavy atom. The Balaban J connectivity index is 2.05. The van der Waals surface area contributed by atoms with Crippen LogP contribution >= 0.6 is 0 Å². The van der Waals surface area contributed by atoms with Crippen LogP contribution in [0.3, 0.4) is 0 Å². The number of carbonyl (C=O) groups excluding carboxylic acids is 1. The number of rotatable bonds is 5. The fourth-order valence-electron chi connectivity index (χ4n) is 3.03. The lowest BCUT2D eigenvalue weighted by atomic mass is 9.72. The van der Waals surface area contributed by atoms with Gasteiger partial charge in [-0.05, 0) is 24.5 Å². The van der Waals surface area contributed by atoms with Gasteiger partial charge >= 0.3 is 0 Å². The van der Waals surface area contributed by atoms with E-state index in [1.165, 1.54) is 5.56 Å². The first-order chi connectivity index (χ1) is 11.2. The van der Waals surface area contributed by atoms with Gasteiger partial charge in [0.25, 0.3) is 0 Å². The molecule has 0 aliphatic carbocycles. The van der Waals surface area contributed by atoms with Crippen LogP contribution in [0.2, 0.25) is 0 Å². The van der Waals surface area contributed by atoms with Gasteiger partial charge in [0, 0.05) is 5.56 Å². The van der Waals surface area contributed by atoms with E-state index in [9.17, 15) is 4.79 Å². The molecule has 1 atom stereocenters. The summed E-state index contributed by atoms with van der Waals surface area (Å²) in [5, 5.41) is 0. The van der Waals surface area contributed by atoms with Gasteiger partial charge in [-0.1, -0.05) is 91.0 Å². The Morgan fingerprint density at radius 1 is 0.739 bits per heavy atom. The van der Waals surface area contributed by atoms with Crippen LogP contribution in [0.4, 0.5) is 0 Å². The number of benzene rings is 3. The SMILES string of the molecule is C[C@](Cc1ccccc1)(C(=O)c1ccccc1)c1ccccc1. The van der Waals surface area contributed by atoms with E-state index in [1.54, 1.807) is 0 Å². The molecule has 23 heavy (non-hydrogen) atoms. The van der Waals surface area contributed by atoms with Gasteiger partial charge in [-0.3, -0.25) is 4.79 Å². The monoisotopic (exact) mass is 300 g/mol. The number of ketones is 1. The third kappa shape index (κ3) is 3.24. The van der Waals surface area contributed by atoms with E-state index in [1.807, 2.05) is 85.8 Å². The largest absolute Gasteiger partial charge is 0.293 e. The predicted octanol–water partition coefficient (Wildman–Crippen LogP) is 5.07. The topological polar surface area (TPSA) is 17.1 Å². The molecule has 0 aliphatic rings. The second-order valence-corrected chi connectivity index (χ2v) is 6.06. The maximum absolute atomic E-state index is 13.3. The van der Waals surface area contributed by atoms with Crippen molar-refractivity contribution in [3.8, 4) is 0 Å². The fraction of sp³-hybridized carbons (Fsp3) is 0.136. The van der Waals surface area contributed by atoms with Crippen LogP contribution in [-0.4, -0.2) is 5.78 Å². The van der Waals surface area contributed by atoms with E-state index >= 15 is 0 Å². The van der Waals surface area contributed by atoms with Gasteiger partial charge in [0.1, 0.15) is 0 Å². The molecule has 3 aromatic carbocycles. The molecule has 1 heteroatoms. The van der Waals surface area contributed by atoms with Crippen molar-refractivity contribution in [2.45, 2.75) is 18.8 Å². The molecule has 0 saturated carbocycles. The molecule has 0 aliphatic heterocycles. The van der Waals surface area contributed by atoms with Crippen LogP contribution in [-0.2, 0) is 11.8 Å². The van der Waals surface area contributed by atoms with Crippen LogP contribution in [0.25, 0.3) is 0 Å². The molecule has 1 nitrogen and oxygen atoms in total. The summed E-state index contributed by atoms with van der Waals surface area (Å²) in [5.41, 5.74) is 2.40. The predicted molar refractivity (Wildman–Crippen MR) is 94.7 cm³/mol. The minimum Gasteiger partial charge on any atom is -0.293 e. The van der Waals surface area contributed by atoms with E-state index in [4.69, 9.17) is 0 Å². The highest BCUT2D eigenvalue weighted by atomic mass is 16.1. The van der Waals surface area contributed by atoms with Crippen LogP contribution < -0.4 is 0 Å². The molecule has 0 bridgehead atoms. The summed E-state index contributed by atoms with van der Waals surface area (Å²) in [6.45, 7) is 2.05. The molecule has 0 N–H and O–H groups in total. The van der Waals surface area contributed by atoms with Crippen molar-refractivity contribution in [2.75, 3.05) is 0 Å². The van der Waals surface area contributed by atoms with Crippen molar-refractivity contribution in [3.05, 3.63) is 108 Å². The van der Waals surface area contributed by atoms with Crippen LogP contribution in [0.5, 0.6) is 0 Å². The summed E-state index contributed by atoms with van der Waals surface area (Å²) in [6, 6.07) is 29.8. The van der Waals surface area contributed by atoms with Gasteiger partial charge < -0.3 is 0 Å². The zero-order valence-corrected chi connectivity index (χ0v) is 13.3. The summed E-state index contributed by atoms with van der Waals surface area (Å²) in [5.74, 6) is 0.160. The molecule has 0 unspecified atom stereocenters. The first-order valence-electron chi connectivity index (χ1n) is 7.89. The standard InChI is InChI=1S/C22H20O/c1-22(20-15-9-4-10-16-20,17-18-11-5-2-6-12-18)21(23)19-13-7-3-8-14-19/h2-16H,17H2,1H3/t22-/m1/s1. The Kier molecular flexibility index (Phi) is 4.38. The summed E-state index contributed by atoms with van der Waals surface area (Å²) in [7, 11) is 0. The van der Waals surface area contributed by atoms with E-state index in [-0.39, 0.29) is 5.78 Å². The molecule has 3 aromatic rings. The Hall–Kier alpha value is -2.67. The normalized spacial score (nSPS) is 13.3. The van der Waals surface area contributed by atoms with Gasteiger partial charge in [-0.25, -0.2) is 0 Å². The molecular weight excluding hydrogens is 280 g/mol. The third-order valence-corrected chi connectivity index (χ3v) is 4.35. The van der Waals surface area contributed by atoms with Crippen LogP contribution in [0.15, 0.2) is 91.0 Å². The fourth-order valence-corrected chi connectivity index (χ4v) is 3.03. The third-order valence-electron chi connectivity index (χ3n) is 4.35. The lowest BCUT2D eigenvalue weighted by molar-refractivity contribution is 0.0895. The molecular formula is C22H20O. The van der Waals surface area contributed by atoms with Crippen molar-refractivity contribution in [3.63, 3.8) is 0 Å². The molecule has 114 valence electrons. The van der Waals surface area contributed by atoms with Crippen LogP contribution in [0.1, 0.15) is 28.4 Å². The lowest BCUT2D eigenvalue weighted by Gasteiger charge is -2.29. The molecule has 0 heterocycles. The summed E-state index contributed by atoms with van der Waals surface area (Å²) in [6.07, 6.45) is 0.686. The van der Waals surface area contributed by atoms with E-state index in [2.05, 4.69) is 12.1 Å². The van der Waals surface area contributed by atoms with Gasteiger partial charge in [-0.2, -0.15) is 0 Å². The molecule has 0 spiro atoms. The average Bonchev–Trinajstić information content (AvgIpc) is 2.63. The molecule has 0 fully saturated rings. The Morgan fingerprint density at radius 2 is 1.22 bits per heavy atom. The summed E-state index contributed by atoms with van der Waals surface area (Å²) >= 11 is 0. The second-order valence-electron chi connectivity index (χ2n) is 6.06. The van der Waals surface area contributed by atoms with E-state index in [0.717, 1.165) is 11.1 Å². The highest BCUT2D eigenvalue weighted by molar-refractivity contribution is 6.04. The van der Waals surface area contributed by atoms with Gasteiger partial charge in [-0.15, -0.1) is 0 Å². The van der Waals surface area contributed by atoms with E-state index < -0.39 is 5.41 Å². The molecule has 0 radical (unpaired) electrons. The van der Waals surface area contributed by atoms with Crippen molar-refractivity contribution in [2.24, 2.45) is 0 Å². The van der Waals surface area contributed by atoms with Crippen molar-refractivity contribution >= 4 is 5.78 Å². The summed E-state index contributed by atoms with van der Waals surface area (Å²) < 4.78 is 0. The van der Waals surface area contributed by atoms with Crippen LogP contribution in [0, 0.1) is 0 Å². The highest BCUT2D eigenvalue weighted by Crippen LogP contribution is 2.32. The van der Waals surface area contributed by atoms with Crippen molar-refractivity contribution in [1.29, 1.82) is 0 Å². The maximum atomic E-state index is 13.3. The quantitative estimate of drug-likeness (QED) is 0.601. The molecule has 0 saturated heterocycles. The van der Waals surface area contributed by atoms with Gasteiger partial charge in [0.15, 0.2) is 5.78 Å². The van der Waals surface area contributed by atoms with Gasteiger partial charge in [0.2, 0.25) is 0 Å². The first-order valence-corrected chi connectivity index (χ1v) is 7.89. The number of hydrogen-bond donors (Lipinski definition) is 0. The minimum absolute atomic E-state index is 0.160. The summed E-state index contributed by atoms with van der Waals surface area (Å²) in [4.78, 5) is 13.3. The molecule has 0 aromatic heterocycles. The highest BCUT2D eigenvalue weighted by Gasteiger charge is 2.35.